The second-order valence-corrected chi connectivity index (χ2v) is 6.21. The van der Waals surface area contributed by atoms with Crippen molar-refractivity contribution in [1.29, 1.82) is 0 Å². The van der Waals surface area contributed by atoms with E-state index >= 15 is 0 Å². The van der Waals surface area contributed by atoms with Crippen molar-refractivity contribution in [1.82, 2.24) is 4.98 Å². The lowest BCUT2D eigenvalue weighted by atomic mass is 10.2. The summed E-state index contributed by atoms with van der Waals surface area (Å²) in [5.74, 6) is -0.0644. The highest BCUT2D eigenvalue weighted by molar-refractivity contribution is 7.98. The van der Waals surface area contributed by atoms with Crippen LogP contribution < -0.4 is 10.6 Å². The van der Waals surface area contributed by atoms with E-state index in [1.165, 1.54) is 4.90 Å². The van der Waals surface area contributed by atoms with Gasteiger partial charge in [-0.2, -0.15) is 0 Å². The Morgan fingerprint density at radius 2 is 1.91 bits per heavy atom. The van der Waals surface area contributed by atoms with Gasteiger partial charge in [0.2, 0.25) is 5.91 Å². The number of hydrogen-bond donors (Lipinski definition) is 3. The summed E-state index contributed by atoms with van der Waals surface area (Å²) >= 11 is 1.68. The molecule has 0 saturated heterocycles. The molecule has 2 aromatic carbocycles. The van der Waals surface area contributed by atoms with Crippen LogP contribution in [0.1, 0.15) is 6.92 Å². The lowest BCUT2D eigenvalue weighted by Crippen LogP contribution is -2.31. The van der Waals surface area contributed by atoms with Gasteiger partial charge in [0, 0.05) is 22.2 Å². The van der Waals surface area contributed by atoms with Gasteiger partial charge in [0.1, 0.15) is 6.04 Å². The molecule has 118 valence electrons. The Labute approximate surface area is 139 Å². The first-order chi connectivity index (χ1) is 11.2. The molecule has 0 aliphatic carbocycles. The third-order valence-electron chi connectivity index (χ3n) is 3.71. The van der Waals surface area contributed by atoms with Crippen LogP contribution in [-0.2, 0) is 4.79 Å². The zero-order chi connectivity index (χ0) is 16.2. The fourth-order valence-corrected chi connectivity index (χ4v) is 2.84. The summed E-state index contributed by atoms with van der Waals surface area (Å²) in [6.45, 7) is 1.85. The van der Waals surface area contributed by atoms with E-state index in [2.05, 4.69) is 15.6 Å². The van der Waals surface area contributed by atoms with Crippen molar-refractivity contribution in [2.45, 2.75) is 17.9 Å². The van der Waals surface area contributed by atoms with Crippen molar-refractivity contribution in [3.63, 3.8) is 0 Å². The summed E-state index contributed by atoms with van der Waals surface area (Å²) in [5.41, 5.74) is 2.74. The largest absolute Gasteiger partial charge is 0.372 e. The van der Waals surface area contributed by atoms with Crippen LogP contribution in [0.25, 0.3) is 10.9 Å². The molecule has 5 heteroatoms. The number of aromatic amines is 1. The monoisotopic (exact) mass is 325 g/mol. The number of anilines is 2. The molecule has 4 nitrogen and oxygen atoms in total. The predicted molar refractivity (Wildman–Crippen MR) is 98.2 cm³/mol. The standard InChI is InChI=1S/C18H19N3OS/c1-12(18(22)21-14-6-8-15(23-2)9-7-14)20-16-5-3-4-13-10-11-19-17(13)16/h3-12,19-20H,1-2H3,(H,21,22). The van der Waals surface area contributed by atoms with Gasteiger partial charge in [0.05, 0.1) is 11.2 Å². The maximum absolute atomic E-state index is 12.4. The van der Waals surface area contributed by atoms with Gasteiger partial charge < -0.3 is 15.6 Å². The van der Waals surface area contributed by atoms with Gasteiger partial charge in [-0.25, -0.2) is 0 Å². The van der Waals surface area contributed by atoms with Crippen molar-refractivity contribution in [3.05, 3.63) is 54.7 Å². The maximum Gasteiger partial charge on any atom is 0.246 e. The van der Waals surface area contributed by atoms with Crippen LogP contribution in [-0.4, -0.2) is 23.2 Å². The number of benzene rings is 2. The summed E-state index contributed by atoms with van der Waals surface area (Å²) < 4.78 is 0. The van der Waals surface area contributed by atoms with Crippen molar-refractivity contribution < 1.29 is 4.79 Å². The molecule has 3 N–H and O–H groups in total. The van der Waals surface area contributed by atoms with Gasteiger partial charge in [-0.1, -0.05) is 12.1 Å². The van der Waals surface area contributed by atoms with Gasteiger partial charge in [-0.15, -0.1) is 11.8 Å². The van der Waals surface area contributed by atoms with E-state index in [1.54, 1.807) is 11.8 Å². The van der Waals surface area contributed by atoms with E-state index in [1.807, 2.05) is 67.9 Å². The first kappa shape index (κ1) is 15.5. The first-order valence-corrected chi connectivity index (χ1v) is 8.67. The highest BCUT2D eigenvalue weighted by Crippen LogP contribution is 2.22. The Morgan fingerprint density at radius 1 is 1.13 bits per heavy atom. The average molecular weight is 325 g/mol. The molecule has 1 amide bonds. The molecule has 0 fully saturated rings. The van der Waals surface area contributed by atoms with E-state index in [4.69, 9.17) is 0 Å². The van der Waals surface area contributed by atoms with Gasteiger partial charge >= 0.3 is 0 Å². The van der Waals surface area contributed by atoms with Crippen molar-refractivity contribution in [2.75, 3.05) is 16.9 Å². The highest BCUT2D eigenvalue weighted by Gasteiger charge is 2.14. The lowest BCUT2D eigenvalue weighted by Gasteiger charge is -2.16. The van der Waals surface area contributed by atoms with Crippen LogP contribution in [0.4, 0.5) is 11.4 Å². The van der Waals surface area contributed by atoms with E-state index in [0.717, 1.165) is 22.3 Å². The number of hydrogen-bond acceptors (Lipinski definition) is 3. The van der Waals surface area contributed by atoms with Gasteiger partial charge in [0.15, 0.2) is 0 Å². The molecule has 0 aliphatic heterocycles. The van der Waals surface area contributed by atoms with E-state index in [-0.39, 0.29) is 11.9 Å². The molecule has 3 aromatic rings. The molecule has 1 unspecified atom stereocenters. The van der Waals surface area contributed by atoms with Crippen molar-refractivity contribution in [2.24, 2.45) is 0 Å². The van der Waals surface area contributed by atoms with Crippen LogP contribution >= 0.6 is 11.8 Å². The number of rotatable bonds is 5. The molecule has 1 heterocycles. The molecule has 1 atom stereocenters. The number of aromatic nitrogens is 1. The third kappa shape index (κ3) is 3.51. The normalized spacial score (nSPS) is 12.1. The fourth-order valence-electron chi connectivity index (χ4n) is 2.43. The smallest absolute Gasteiger partial charge is 0.246 e. The second-order valence-electron chi connectivity index (χ2n) is 5.33. The Morgan fingerprint density at radius 3 is 2.65 bits per heavy atom. The van der Waals surface area contributed by atoms with Crippen LogP contribution in [0.3, 0.4) is 0 Å². The van der Waals surface area contributed by atoms with Crippen molar-refractivity contribution in [3.8, 4) is 0 Å². The topological polar surface area (TPSA) is 56.9 Å². The fraction of sp³-hybridized carbons (Fsp3) is 0.167. The zero-order valence-electron chi connectivity index (χ0n) is 13.1. The third-order valence-corrected chi connectivity index (χ3v) is 4.45. The number of amides is 1. The number of nitrogens with one attached hydrogen (secondary N) is 3. The summed E-state index contributed by atoms with van der Waals surface area (Å²) in [4.78, 5) is 16.7. The Kier molecular flexibility index (Phi) is 4.57. The summed E-state index contributed by atoms with van der Waals surface area (Å²) in [7, 11) is 0. The average Bonchev–Trinajstić information content (AvgIpc) is 3.05. The molecule has 0 spiro atoms. The first-order valence-electron chi connectivity index (χ1n) is 7.45. The van der Waals surface area contributed by atoms with Crippen molar-refractivity contribution >= 4 is 39.9 Å². The minimum Gasteiger partial charge on any atom is -0.372 e. The summed E-state index contributed by atoms with van der Waals surface area (Å²) in [5, 5.41) is 7.32. The van der Waals surface area contributed by atoms with Crippen LogP contribution in [0.5, 0.6) is 0 Å². The number of thioether (sulfide) groups is 1. The molecule has 3 rings (SSSR count). The lowest BCUT2D eigenvalue weighted by molar-refractivity contribution is -0.116. The summed E-state index contributed by atoms with van der Waals surface area (Å²) in [6, 6.07) is 15.5. The second kappa shape index (κ2) is 6.79. The Bertz CT molecular complexity index is 811. The van der Waals surface area contributed by atoms with Gasteiger partial charge in [-0.3, -0.25) is 4.79 Å². The quantitative estimate of drug-likeness (QED) is 0.612. The van der Waals surface area contributed by atoms with Crippen LogP contribution in [0, 0.1) is 0 Å². The minimum absolute atomic E-state index is 0.0644. The number of carbonyl (C=O) groups excluding carboxylic acids is 1. The molecule has 0 aliphatic rings. The van der Waals surface area contributed by atoms with Gasteiger partial charge in [-0.05, 0) is 49.6 Å². The summed E-state index contributed by atoms with van der Waals surface area (Å²) in [6.07, 6.45) is 3.93. The Balaban J connectivity index is 1.68. The molecule has 23 heavy (non-hydrogen) atoms. The van der Waals surface area contributed by atoms with E-state index in [0.29, 0.717) is 0 Å². The minimum atomic E-state index is -0.343. The number of H-pyrrole nitrogens is 1. The molecule has 0 radical (unpaired) electrons. The SMILES string of the molecule is CSc1ccc(NC(=O)C(C)Nc2cccc3cc[nH]c23)cc1. The van der Waals surface area contributed by atoms with Gasteiger partial charge in [0.25, 0.3) is 0 Å². The molecular weight excluding hydrogens is 306 g/mol. The molecule has 0 bridgehead atoms. The van der Waals surface area contributed by atoms with Crippen LogP contribution in [0.15, 0.2) is 59.6 Å². The molecule has 1 aromatic heterocycles. The number of fused-ring (bicyclic) bond motifs is 1. The number of carbonyl (C=O) groups is 1. The van der Waals surface area contributed by atoms with E-state index in [9.17, 15) is 4.79 Å². The Hall–Kier alpha value is -2.40. The maximum atomic E-state index is 12.4. The van der Waals surface area contributed by atoms with Crippen LogP contribution in [0.2, 0.25) is 0 Å². The van der Waals surface area contributed by atoms with E-state index < -0.39 is 0 Å². The zero-order valence-corrected chi connectivity index (χ0v) is 13.9. The molecule has 0 saturated carbocycles. The highest BCUT2D eigenvalue weighted by atomic mass is 32.2. The molecular formula is C18H19N3OS. The predicted octanol–water partition coefficient (Wildman–Crippen LogP) is 4.33. The number of para-hydroxylation sites is 1.